The molecule has 0 spiro atoms. The third-order valence-corrected chi connectivity index (χ3v) is 1.96. The van der Waals surface area contributed by atoms with Gasteiger partial charge >= 0.3 is 6.09 Å². The van der Waals surface area contributed by atoms with Crippen molar-refractivity contribution in [1.29, 1.82) is 0 Å². The smallest absolute Gasteiger partial charge is 0.414 e. The predicted octanol–water partition coefficient (Wildman–Crippen LogP) is 1.86. The topological polar surface area (TPSA) is 87.7 Å². The molecular formula is C13H18N2O4. The zero-order valence-electron chi connectivity index (χ0n) is 11.2. The van der Waals surface area contributed by atoms with E-state index >= 15 is 0 Å². The molecule has 6 heteroatoms. The minimum Gasteiger partial charge on any atom is -0.508 e. The number of nitrogens with one attached hydrogen (secondary N) is 2. The third-order valence-electron chi connectivity index (χ3n) is 1.96. The summed E-state index contributed by atoms with van der Waals surface area (Å²) in [5, 5.41) is 14.0. The van der Waals surface area contributed by atoms with Crippen molar-refractivity contribution in [2.75, 3.05) is 11.9 Å². The lowest BCUT2D eigenvalue weighted by Gasteiger charge is -2.19. The summed E-state index contributed by atoms with van der Waals surface area (Å²) in [5.74, 6) is -0.355. The van der Waals surface area contributed by atoms with Crippen molar-refractivity contribution in [2.24, 2.45) is 0 Å². The van der Waals surface area contributed by atoms with Crippen molar-refractivity contribution in [2.45, 2.75) is 26.4 Å². The summed E-state index contributed by atoms with van der Waals surface area (Å²) in [5.41, 5.74) is 0.0199. The van der Waals surface area contributed by atoms with Gasteiger partial charge in [0.15, 0.2) is 0 Å². The Morgan fingerprint density at radius 2 is 1.79 bits per heavy atom. The first-order valence-corrected chi connectivity index (χ1v) is 5.82. The van der Waals surface area contributed by atoms with Crippen molar-refractivity contribution in [3.05, 3.63) is 24.3 Å². The summed E-state index contributed by atoms with van der Waals surface area (Å²) in [6.45, 7) is 5.08. The minimum absolute atomic E-state index is 0.0655. The zero-order valence-corrected chi connectivity index (χ0v) is 11.2. The molecule has 0 unspecified atom stereocenters. The van der Waals surface area contributed by atoms with E-state index in [2.05, 4.69) is 10.6 Å². The van der Waals surface area contributed by atoms with Crippen LogP contribution in [0.1, 0.15) is 20.8 Å². The largest absolute Gasteiger partial charge is 0.508 e. The number of anilines is 1. The number of imide groups is 1. The van der Waals surface area contributed by atoms with Gasteiger partial charge in [0.2, 0.25) is 5.91 Å². The van der Waals surface area contributed by atoms with Gasteiger partial charge in [-0.15, -0.1) is 0 Å². The number of ether oxygens (including phenoxy) is 1. The Kier molecular flexibility index (Phi) is 4.74. The first-order chi connectivity index (χ1) is 8.76. The Bertz CT molecular complexity index is 449. The van der Waals surface area contributed by atoms with Gasteiger partial charge in [-0.25, -0.2) is 4.79 Å². The molecule has 2 amide bonds. The fourth-order valence-corrected chi connectivity index (χ4v) is 1.22. The number of carbonyl (C=O) groups excluding carboxylic acids is 2. The van der Waals surface area contributed by atoms with Gasteiger partial charge in [-0.3, -0.25) is 10.1 Å². The quantitative estimate of drug-likeness (QED) is 0.727. The van der Waals surface area contributed by atoms with Crippen LogP contribution in [0, 0.1) is 0 Å². The van der Waals surface area contributed by atoms with Crippen LogP contribution >= 0.6 is 0 Å². The number of rotatable bonds is 3. The van der Waals surface area contributed by atoms with Gasteiger partial charge in [-0.05, 0) is 45.0 Å². The second-order valence-corrected chi connectivity index (χ2v) is 4.95. The lowest BCUT2D eigenvalue weighted by molar-refractivity contribution is -0.119. The number of phenolic OH excluding ortho intramolecular Hbond substituents is 1. The number of alkyl carbamates (subject to hydrolysis) is 1. The highest BCUT2D eigenvalue weighted by Gasteiger charge is 2.17. The van der Waals surface area contributed by atoms with E-state index in [4.69, 9.17) is 9.84 Å². The highest BCUT2D eigenvalue weighted by atomic mass is 16.6. The molecule has 0 heterocycles. The van der Waals surface area contributed by atoms with E-state index in [0.29, 0.717) is 5.69 Å². The summed E-state index contributed by atoms with van der Waals surface area (Å²) in [6, 6.07) is 6.23. The van der Waals surface area contributed by atoms with E-state index in [1.165, 1.54) is 12.1 Å². The number of carbonyl (C=O) groups is 2. The maximum absolute atomic E-state index is 11.5. The average Bonchev–Trinajstić information content (AvgIpc) is 2.25. The molecular weight excluding hydrogens is 248 g/mol. The molecule has 1 rings (SSSR count). The summed E-state index contributed by atoms with van der Waals surface area (Å²) in [4.78, 5) is 22.8. The molecule has 19 heavy (non-hydrogen) atoms. The van der Waals surface area contributed by atoms with Gasteiger partial charge in [0, 0.05) is 5.69 Å². The maximum atomic E-state index is 11.5. The zero-order chi connectivity index (χ0) is 14.5. The standard InChI is InChI=1S/C13H18N2O4/c1-13(2,3)19-12(18)15-11(17)8-14-9-4-6-10(16)7-5-9/h4-7,14,16H,8H2,1-3H3,(H,15,17,18). The highest BCUT2D eigenvalue weighted by molar-refractivity contribution is 5.94. The van der Waals surface area contributed by atoms with Crippen molar-refractivity contribution < 1.29 is 19.4 Å². The molecule has 6 nitrogen and oxygen atoms in total. The second-order valence-electron chi connectivity index (χ2n) is 4.95. The van der Waals surface area contributed by atoms with Crippen LogP contribution in [0.4, 0.5) is 10.5 Å². The molecule has 0 radical (unpaired) electrons. The maximum Gasteiger partial charge on any atom is 0.414 e. The fraction of sp³-hybridized carbons (Fsp3) is 0.385. The number of benzene rings is 1. The SMILES string of the molecule is CC(C)(C)OC(=O)NC(=O)CNc1ccc(O)cc1. The van der Waals surface area contributed by atoms with E-state index in [9.17, 15) is 9.59 Å². The van der Waals surface area contributed by atoms with Crippen molar-refractivity contribution in [3.63, 3.8) is 0 Å². The molecule has 0 aromatic heterocycles. The Labute approximate surface area is 111 Å². The molecule has 1 aromatic rings. The Balaban J connectivity index is 2.36. The molecule has 0 saturated heterocycles. The van der Waals surface area contributed by atoms with Crippen molar-refractivity contribution in [3.8, 4) is 5.75 Å². The molecule has 0 saturated carbocycles. The minimum atomic E-state index is -0.773. The van der Waals surface area contributed by atoms with Gasteiger partial charge in [0.25, 0.3) is 0 Å². The Hall–Kier alpha value is -2.24. The normalized spacial score (nSPS) is 10.7. The van der Waals surface area contributed by atoms with Gasteiger partial charge in [0.05, 0.1) is 6.54 Å². The summed E-state index contributed by atoms with van der Waals surface area (Å²) in [7, 11) is 0. The molecule has 0 fully saturated rings. The first kappa shape index (κ1) is 14.8. The molecule has 104 valence electrons. The molecule has 0 aliphatic carbocycles. The number of hydrogen-bond donors (Lipinski definition) is 3. The van der Waals surface area contributed by atoms with Crippen LogP contribution in [0.3, 0.4) is 0 Å². The van der Waals surface area contributed by atoms with E-state index < -0.39 is 17.6 Å². The lowest BCUT2D eigenvalue weighted by atomic mass is 10.2. The third kappa shape index (κ3) is 6.30. The Morgan fingerprint density at radius 3 is 2.32 bits per heavy atom. The van der Waals surface area contributed by atoms with Crippen LogP contribution in [-0.2, 0) is 9.53 Å². The number of amides is 2. The molecule has 0 atom stereocenters. The van der Waals surface area contributed by atoms with E-state index in [1.807, 2.05) is 0 Å². The summed E-state index contributed by atoms with van der Waals surface area (Å²) >= 11 is 0. The van der Waals surface area contributed by atoms with Crippen LogP contribution < -0.4 is 10.6 Å². The highest BCUT2D eigenvalue weighted by Crippen LogP contribution is 2.13. The lowest BCUT2D eigenvalue weighted by Crippen LogP contribution is -2.39. The van der Waals surface area contributed by atoms with Crippen molar-refractivity contribution >= 4 is 17.7 Å². The molecule has 0 aliphatic rings. The van der Waals surface area contributed by atoms with Crippen molar-refractivity contribution in [1.82, 2.24) is 5.32 Å². The average molecular weight is 266 g/mol. The van der Waals surface area contributed by atoms with E-state index in [1.54, 1.807) is 32.9 Å². The van der Waals surface area contributed by atoms with E-state index in [-0.39, 0.29) is 12.3 Å². The van der Waals surface area contributed by atoms with Gasteiger partial charge in [-0.2, -0.15) is 0 Å². The van der Waals surface area contributed by atoms with E-state index in [0.717, 1.165) is 0 Å². The number of hydrogen-bond acceptors (Lipinski definition) is 5. The number of phenols is 1. The monoisotopic (exact) mass is 266 g/mol. The fourth-order valence-electron chi connectivity index (χ4n) is 1.22. The molecule has 1 aromatic carbocycles. The van der Waals surface area contributed by atoms with Crippen LogP contribution in [0.5, 0.6) is 5.75 Å². The van der Waals surface area contributed by atoms with Gasteiger partial charge in [0.1, 0.15) is 11.4 Å². The molecule has 0 bridgehead atoms. The molecule has 3 N–H and O–H groups in total. The first-order valence-electron chi connectivity index (χ1n) is 5.82. The predicted molar refractivity (Wildman–Crippen MR) is 71.0 cm³/mol. The Morgan fingerprint density at radius 1 is 1.21 bits per heavy atom. The number of aromatic hydroxyl groups is 1. The van der Waals surface area contributed by atoms with Gasteiger partial charge in [-0.1, -0.05) is 0 Å². The summed E-state index contributed by atoms with van der Waals surface area (Å²) < 4.78 is 4.94. The summed E-state index contributed by atoms with van der Waals surface area (Å²) in [6.07, 6.45) is -0.773. The van der Waals surface area contributed by atoms with Crippen LogP contribution in [-0.4, -0.2) is 29.3 Å². The van der Waals surface area contributed by atoms with Crippen LogP contribution in [0.2, 0.25) is 0 Å². The van der Waals surface area contributed by atoms with Gasteiger partial charge < -0.3 is 15.2 Å². The van der Waals surface area contributed by atoms with Crippen LogP contribution in [0.15, 0.2) is 24.3 Å². The van der Waals surface area contributed by atoms with Crippen LogP contribution in [0.25, 0.3) is 0 Å². The molecule has 0 aliphatic heterocycles. The second kappa shape index (κ2) is 6.08.